The van der Waals surface area contributed by atoms with Crippen molar-refractivity contribution in [2.75, 3.05) is 24.5 Å². The Morgan fingerprint density at radius 3 is 2.76 bits per heavy atom. The fraction of sp³-hybridized carbons (Fsp3) is 0.571. The van der Waals surface area contributed by atoms with Crippen LogP contribution < -0.4 is 10.6 Å². The maximum absolute atomic E-state index is 6.11. The number of nitrogens with two attached hydrogens (primary N) is 1. The largest absolute Gasteiger partial charge is 0.371 e. The Morgan fingerprint density at radius 1 is 1.41 bits per heavy atom. The lowest BCUT2D eigenvalue weighted by molar-refractivity contribution is 0.418. The summed E-state index contributed by atoms with van der Waals surface area (Å²) >= 11 is 6.11. The average molecular weight is 253 g/mol. The van der Waals surface area contributed by atoms with Crippen molar-refractivity contribution < 1.29 is 0 Å². The number of hydrogen-bond donors (Lipinski definition) is 1. The summed E-state index contributed by atoms with van der Waals surface area (Å²) in [5.74, 6) is 0. The van der Waals surface area contributed by atoms with Gasteiger partial charge in [0.05, 0.1) is 0 Å². The van der Waals surface area contributed by atoms with Crippen molar-refractivity contribution in [2.45, 2.75) is 26.7 Å². The standard InChI is InChI=1S/C14H21ClN2/c1-14(2)6-8-17(10-14)13-9-12(15)4-3-11(13)5-7-16/h3-4,9H,5-8,10,16H2,1-2H3. The first-order valence-electron chi connectivity index (χ1n) is 6.25. The second-order valence-electron chi connectivity index (χ2n) is 5.65. The predicted octanol–water partition coefficient (Wildman–Crippen LogP) is 3.08. The number of anilines is 1. The monoisotopic (exact) mass is 252 g/mol. The van der Waals surface area contributed by atoms with Crippen LogP contribution in [0.3, 0.4) is 0 Å². The van der Waals surface area contributed by atoms with E-state index in [0.29, 0.717) is 12.0 Å². The van der Waals surface area contributed by atoms with Gasteiger partial charge in [-0.05, 0) is 42.5 Å². The summed E-state index contributed by atoms with van der Waals surface area (Å²) < 4.78 is 0. The fourth-order valence-corrected chi connectivity index (χ4v) is 2.68. The van der Waals surface area contributed by atoms with Gasteiger partial charge >= 0.3 is 0 Å². The highest BCUT2D eigenvalue weighted by atomic mass is 35.5. The summed E-state index contributed by atoms with van der Waals surface area (Å²) in [5, 5.41) is 0.811. The third-order valence-electron chi connectivity index (χ3n) is 3.48. The molecular weight excluding hydrogens is 232 g/mol. The van der Waals surface area contributed by atoms with Gasteiger partial charge in [-0.3, -0.25) is 0 Å². The lowest BCUT2D eigenvalue weighted by Crippen LogP contribution is -2.24. The third-order valence-corrected chi connectivity index (χ3v) is 3.71. The molecular formula is C14H21ClN2. The zero-order valence-electron chi connectivity index (χ0n) is 10.7. The highest BCUT2D eigenvalue weighted by Gasteiger charge is 2.30. The van der Waals surface area contributed by atoms with Crippen molar-refractivity contribution in [1.82, 2.24) is 0 Å². The maximum Gasteiger partial charge on any atom is 0.0426 e. The molecule has 0 unspecified atom stereocenters. The smallest absolute Gasteiger partial charge is 0.0426 e. The molecule has 1 saturated heterocycles. The fourth-order valence-electron chi connectivity index (χ4n) is 2.52. The molecule has 0 aliphatic carbocycles. The molecule has 0 amide bonds. The Labute approximate surface area is 109 Å². The Morgan fingerprint density at radius 2 is 2.18 bits per heavy atom. The first-order chi connectivity index (χ1) is 8.02. The minimum Gasteiger partial charge on any atom is -0.371 e. The molecule has 2 rings (SSSR count). The molecule has 94 valence electrons. The van der Waals surface area contributed by atoms with Gasteiger partial charge in [0.15, 0.2) is 0 Å². The Bertz CT molecular complexity index is 401. The molecule has 17 heavy (non-hydrogen) atoms. The van der Waals surface area contributed by atoms with E-state index in [0.717, 1.165) is 24.5 Å². The quantitative estimate of drug-likeness (QED) is 0.896. The van der Waals surface area contributed by atoms with Crippen LogP contribution in [0, 0.1) is 5.41 Å². The van der Waals surface area contributed by atoms with Crippen LogP contribution in [0.5, 0.6) is 0 Å². The van der Waals surface area contributed by atoms with Crippen LogP contribution in [-0.2, 0) is 6.42 Å². The SMILES string of the molecule is CC1(C)CCN(c2cc(Cl)ccc2CCN)C1. The van der Waals surface area contributed by atoms with E-state index in [1.54, 1.807) is 0 Å². The van der Waals surface area contributed by atoms with Gasteiger partial charge in [0.2, 0.25) is 0 Å². The van der Waals surface area contributed by atoms with Crippen molar-refractivity contribution in [3.05, 3.63) is 28.8 Å². The summed E-state index contributed by atoms with van der Waals surface area (Å²) in [7, 11) is 0. The average Bonchev–Trinajstić information content (AvgIpc) is 2.62. The van der Waals surface area contributed by atoms with E-state index in [1.807, 2.05) is 6.07 Å². The maximum atomic E-state index is 6.11. The first-order valence-corrected chi connectivity index (χ1v) is 6.63. The molecule has 3 heteroatoms. The Hall–Kier alpha value is -0.730. The van der Waals surface area contributed by atoms with Crippen molar-refractivity contribution in [2.24, 2.45) is 11.1 Å². The van der Waals surface area contributed by atoms with E-state index in [1.165, 1.54) is 17.7 Å². The molecule has 1 aliphatic heterocycles. The molecule has 1 aliphatic rings. The normalized spacial score (nSPS) is 18.7. The number of nitrogens with zero attached hydrogens (tertiary/aromatic N) is 1. The topological polar surface area (TPSA) is 29.3 Å². The molecule has 2 nitrogen and oxygen atoms in total. The predicted molar refractivity (Wildman–Crippen MR) is 74.8 cm³/mol. The van der Waals surface area contributed by atoms with E-state index in [4.69, 9.17) is 17.3 Å². The van der Waals surface area contributed by atoms with E-state index in [-0.39, 0.29) is 0 Å². The first kappa shape index (κ1) is 12.7. The summed E-state index contributed by atoms with van der Waals surface area (Å²) in [6.07, 6.45) is 2.16. The van der Waals surface area contributed by atoms with Crippen molar-refractivity contribution in [3.63, 3.8) is 0 Å². The highest BCUT2D eigenvalue weighted by Crippen LogP contribution is 2.35. The molecule has 1 heterocycles. The second kappa shape index (κ2) is 4.87. The van der Waals surface area contributed by atoms with Gasteiger partial charge in [0, 0.05) is 23.8 Å². The van der Waals surface area contributed by atoms with Crippen LogP contribution in [0.25, 0.3) is 0 Å². The van der Waals surface area contributed by atoms with Crippen molar-refractivity contribution in [3.8, 4) is 0 Å². The minimum atomic E-state index is 0.405. The molecule has 1 aromatic rings. The lowest BCUT2D eigenvalue weighted by atomic mass is 9.93. The Kier molecular flexibility index (Phi) is 3.64. The minimum absolute atomic E-state index is 0.405. The Balaban J connectivity index is 2.27. The van der Waals surface area contributed by atoms with Gasteiger partial charge in [-0.1, -0.05) is 31.5 Å². The van der Waals surface area contributed by atoms with E-state index < -0.39 is 0 Å². The van der Waals surface area contributed by atoms with Crippen molar-refractivity contribution >= 4 is 17.3 Å². The van der Waals surface area contributed by atoms with Gasteiger partial charge < -0.3 is 10.6 Å². The number of benzene rings is 1. The molecule has 0 atom stereocenters. The van der Waals surface area contributed by atoms with Crippen LogP contribution in [0.1, 0.15) is 25.8 Å². The van der Waals surface area contributed by atoms with E-state index >= 15 is 0 Å². The molecule has 2 N–H and O–H groups in total. The molecule has 0 spiro atoms. The third kappa shape index (κ3) is 2.93. The van der Waals surface area contributed by atoms with Crippen LogP contribution in [-0.4, -0.2) is 19.6 Å². The van der Waals surface area contributed by atoms with Crippen LogP contribution >= 0.6 is 11.6 Å². The molecule has 0 saturated carbocycles. The van der Waals surface area contributed by atoms with Crippen LogP contribution in [0.15, 0.2) is 18.2 Å². The molecule has 0 aromatic heterocycles. The van der Waals surface area contributed by atoms with Gasteiger partial charge in [-0.2, -0.15) is 0 Å². The molecule has 1 fully saturated rings. The number of hydrogen-bond acceptors (Lipinski definition) is 2. The summed E-state index contributed by atoms with van der Waals surface area (Å²) in [5.41, 5.74) is 8.66. The van der Waals surface area contributed by atoms with Gasteiger partial charge in [-0.15, -0.1) is 0 Å². The van der Waals surface area contributed by atoms with Gasteiger partial charge in [-0.25, -0.2) is 0 Å². The van der Waals surface area contributed by atoms with Crippen molar-refractivity contribution in [1.29, 1.82) is 0 Å². The summed E-state index contributed by atoms with van der Waals surface area (Å²) in [6, 6.07) is 6.14. The molecule has 0 bridgehead atoms. The number of rotatable bonds is 3. The van der Waals surface area contributed by atoms with Crippen LogP contribution in [0.4, 0.5) is 5.69 Å². The molecule has 1 aromatic carbocycles. The second-order valence-corrected chi connectivity index (χ2v) is 6.08. The zero-order valence-corrected chi connectivity index (χ0v) is 11.4. The number of halogens is 1. The highest BCUT2D eigenvalue weighted by molar-refractivity contribution is 6.30. The van der Waals surface area contributed by atoms with E-state index in [9.17, 15) is 0 Å². The lowest BCUT2D eigenvalue weighted by Gasteiger charge is -2.24. The summed E-state index contributed by atoms with van der Waals surface area (Å²) in [6.45, 7) is 7.54. The molecule has 0 radical (unpaired) electrons. The van der Waals surface area contributed by atoms with E-state index in [2.05, 4.69) is 30.9 Å². The zero-order chi connectivity index (χ0) is 12.5. The summed E-state index contributed by atoms with van der Waals surface area (Å²) in [4.78, 5) is 2.44. The van der Waals surface area contributed by atoms with Gasteiger partial charge in [0.1, 0.15) is 0 Å². The van der Waals surface area contributed by atoms with Gasteiger partial charge in [0.25, 0.3) is 0 Å². The van der Waals surface area contributed by atoms with Crippen LogP contribution in [0.2, 0.25) is 5.02 Å².